The summed E-state index contributed by atoms with van der Waals surface area (Å²) in [7, 11) is 0. The SMILES string of the molecule is Cc1ccc(N2C[C@@]3(COCCN(Cc4ccco4)C3)OCC2=O)s1. The summed E-state index contributed by atoms with van der Waals surface area (Å²) in [6.07, 6.45) is 1.69. The lowest BCUT2D eigenvalue weighted by molar-refractivity contribution is -0.146. The van der Waals surface area contributed by atoms with Crippen LogP contribution in [-0.2, 0) is 20.8 Å². The minimum absolute atomic E-state index is 0.00862. The molecule has 7 heteroatoms. The number of anilines is 1. The van der Waals surface area contributed by atoms with Crippen LogP contribution in [0.1, 0.15) is 10.6 Å². The molecule has 2 fully saturated rings. The largest absolute Gasteiger partial charge is 0.468 e. The Morgan fingerprint density at radius 2 is 2.20 bits per heavy atom. The van der Waals surface area contributed by atoms with Crippen molar-refractivity contribution in [2.24, 2.45) is 0 Å². The number of ether oxygens (including phenoxy) is 2. The van der Waals surface area contributed by atoms with Gasteiger partial charge in [0.2, 0.25) is 0 Å². The Balaban J connectivity index is 1.53. The van der Waals surface area contributed by atoms with Crippen LogP contribution >= 0.6 is 11.3 Å². The van der Waals surface area contributed by atoms with Crippen molar-refractivity contribution in [3.05, 3.63) is 41.2 Å². The highest BCUT2D eigenvalue weighted by atomic mass is 32.1. The Bertz CT molecular complexity index is 729. The van der Waals surface area contributed by atoms with Crippen LogP contribution in [0.15, 0.2) is 34.9 Å². The topological polar surface area (TPSA) is 55.1 Å². The maximum Gasteiger partial charge on any atom is 0.253 e. The van der Waals surface area contributed by atoms with E-state index in [1.54, 1.807) is 17.6 Å². The monoisotopic (exact) mass is 362 g/mol. The van der Waals surface area contributed by atoms with Gasteiger partial charge in [-0.15, -0.1) is 11.3 Å². The maximum atomic E-state index is 12.4. The van der Waals surface area contributed by atoms with Crippen molar-refractivity contribution in [2.75, 3.05) is 44.4 Å². The Morgan fingerprint density at radius 3 is 2.96 bits per heavy atom. The second-order valence-corrected chi connectivity index (χ2v) is 7.94. The number of hydrogen-bond acceptors (Lipinski definition) is 6. The van der Waals surface area contributed by atoms with Crippen LogP contribution in [0.4, 0.5) is 5.00 Å². The summed E-state index contributed by atoms with van der Waals surface area (Å²) in [5, 5.41) is 0.979. The van der Waals surface area contributed by atoms with E-state index in [1.165, 1.54) is 4.88 Å². The van der Waals surface area contributed by atoms with Gasteiger partial charge in [-0.25, -0.2) is 0 Å². The molecule has 0 saturated carbocycles. The molecule has 4 heterocycles. The van der Waals surface area contributed by atoms with E-state index in [-0.39, 0.29) is 12.5 Å². The number of rotatable bonds is 3. The number of hydrogen-bond donors (Lipinski definition) is 0. The summed E-state index contributed by atoms with van der Waals surface area (Å²) in [5.74, 6) is 0.934. The predicted molar refractivity (Wildman–Crippen MR) is 94.9 cm³/mol. The average molecular weight is 362 g/mol. The third-order valence-electron chi connectivity index (χ3n) is 4.63. The van der Waals surface area contributed by atoms with E-state index in [0.29, 0.717) is 32.8 Å². The van der Waals surface area contributed by atoms with Crippen LogP contribution in [0.2, 0.25) is 0 Å². The second-order valence-electron chi connectivity index (χ2n) is 6.68. The Kier molecular flexibility index (Phi) is 4.64. The minimum atomic E-state index is -0.505. The maximum absolute atomic E-state index is 12.4. The van der Waals surface area contributed by atoms with Gasteiger partial charge in [0, 0.05) is 18.0 Å². The quantitative estimate of drug-likeness (QED) is 0.839. The number of nitrogens with zero attached hydrogens (tertiary/aromatic N) is 2. The molecule has 1 spiro atoms. The van der Waals surface area contributed by atoms with Gasteiger partial charge in [0.1, 0.15) is 18.0 Å². The van der Waals surface area contributed by atoms with Crippen LogP contribution in [0.5, 0.6) is 0 Å². The van der Waals surface area contributed by atoms with E-state index >= 15 is 0 Å². The standard InChI is InChI=1S/C18H22N2O4S/c1-14-4-5-17(25-14)20-12-18(24-10-16(20)21)11-19(6-8-22-13-18)9-15-3-2-7-23-15/h2-5,7H,6,8-13H2,1H3/t18-/m0/s1. The zero-order chi connectivity index (χ0) is 17.3. The molecule has 2 aliphatic heterocycles. The number of carbonyl (C=O) groups is 1. The minimum Gasteiger partial charge on any atom is -0.468 e. The normalized spacial score (nSPS) is 25.5. The second kappa shape index (κ2) is 6.92. The Labute approximate surface area is 150 Å². The molecule has 0 aromatic carbocycles. The van der Waals surface area contributed by atoms with Gasteiger partial charge < -0.3 is 13.9 Å². The molecule has 0 aliphatic carbocycles. The summed E-state index contributed by atoms with van der Waals surface area (Å²) < 4.78 is 17.3. The summed E-state index contributed by atoms with van der Waals surface area (Å²) in [6.45, 7) is 6.05. The fraction of sp³-hybridized carbons (Fsp3) is 0.500. The number of aryl methyl sites for hydroxylation is 1. The van der Waals surface area contributed by atoms with E-state index in [0.717, 1.165) is 17.3 Å². The first-order valence-corrected chi connectivity index (χ1v) is 9.28. The first kappa shape index (κ1) is 16.8. The van der Waals surface area contributed by atoms with Crippen molar-refractivity contribution in [3.8, 4) is 0 Å². The molecule has 4 rings (SSSR count). The van der Waals surface area contributed by atoms with Gasteiger partial charge in [0.15, 0.2) is 0 Å². The molecule has 2 aromatic heterocycles. The van der Waals surface area contributed by atoms with Gasteiger partial charge >= 0.3 is 0 Å². The number of amides is 1. The van der Waals surface area contributed by atoms with Crippen LogP contribution < -0.4 is 4.90 Å². The van der Waals surface area contributed by atoms with Crippen molar-refractivity contribution in [1.82, 2.24) is 4.90 Å². The van der Waals surface area contributed by atoms with Gasteiger partial charge in [-0.05, 0) is 31.2 Å². The third kappa shape index (κ3) is 3.64. The van der Waals surface area contributed by atoms with E-state index < -0.39 is 5.60 Å². The number of carbonyl (C=O) groups excluding carboxylic acids is 1. The highest BCUT2D eigenvalue weighted by Crippen LogP contribution is 2.31. The van der Waals surface area contributed by atoms with Gasteiger partial charge in [-0.3, -0.25) is 14.6 Å². The van der Waals surface area contributed by atoms with E-state index in [4.69, 9.17) is 13.9 Å². The Morgan fingerprint density at radius 1 is 1.28 bits per heavy atom. The molecule has 1 amide bonds. The lowest BCUT2D eigenvalue weighted by Crippen LogP contribution is -2.60. The van der Waals surface area contributed by atoms with Gasteiger partial charge in [0.05, 0.1) is 37.6 Å². The molecule has 6 nitrogen and oxygen atoms in total. The molecule has 0 N–H and O–H groups in total. The molecule has 2 aromatic rings. The highest BCUT2D eigenvalue weighted by molar-refractivity contribution is 7.16. The Hall–Kier alpha value is -1.67. The first-order valence-electron chi connectivity index (χ1n) is 8.47. The van der Waals surface area contributed by atoms with Crippen molar-refractivity contribution >= 4 is 22.2 Å². The zero-order valence-electron chi connectivity index (χ0n) is 14.3. The van der Waals surface area contributed by atoms with Crippen LogP contribution in [0, 0.1) is 6.92 Å². The molecule has 0 radical (unpaired) electrons. The first-order chi connectivity index (χ1) is 12.1. The zero-order valence-corrected chi connectivity index (χ0v) is 15.1. The summed E-state index contributed by atoms with van der Waals surface area (Å²) in [4.78, 5) is 17.7. The summed E-state index contributed by atoms with van der Waals surface area (Å²) in [6, 6.07) is 7.93. The lowest BCUT2D eigenvalue weighted by Gasteiger charge is -2.42. The molecule has 1 atom stereocenters. The molecule has 2 saturated heterocycles. The third-order valence-corrected chi connectivity index (χ3v) is 5.65. The van der Waals surface area contributed by atoms with Crippen LogP contribution in [-0.4, -0.2) is 55.9 Å². The number of morpholine rings is 1. The molecule has 25 heavy (non-hydrogen) atoms. The van der Waals surface area contributed by atoms with E-state index in [1.807, 2.05) is 29.2 Å². The molecular weight excluding hydrogens is 340 g/mol. The van der Waals surface area contributed by atoms with Gasteiger partial charge in [0.25, 0.3) is 5.91 Å². The van der Waals surface area contributed by atoms with Crippen molar-refractivity contribution in [3.63, 3.8) is 0 Å². The number of furan rings is 1. The fourth-order valence-electron chi connectivity index (χ4n) is 3.41. The molecule has 2 aliphatic rings. The lowest BCUT2D eigenvalue weighted by atomic mass is 10.0. The predicted octanol–water partition coefficient (Wildman–Crippen LogP) is 2.28. The van der Waals surface area contributed by atoms with E-state index in [9.17, 15) is 4.79 Å². The number of thiophene rings is 1. The van der Waals surface area contributed by atoms with Crippen LogP contribution in [0.25, 0.3) is 0 Å². The van der Waals surface area contributed by atoms with Crippen LogP contribution in [0.3, 0.4) is 0 Å². The molecule has 0 bridgehead atoms. The van der Waals surface area contributed by atoms with Crippen molar-refractivity contribution < 1.29 is 18.7 Å². The smallest absolute Gasteiger partial charge is 0.253 e. The van der Waals surface area contributed by atoms with Crippen molar-refractivity contribution in [2.45, 2.75) is 19.1 Å². The average Bonchev–Trinajstić information content (AvgIpc) is 3.21. The highest BCUT2D eigenvalue weighted by Gasteiger charge is 2.43. The van der Waals surface area contributed by atoms with Crippen molar-refractivity contribution in [1.29, 1.82) is 0 Å². The van der Waals surface area contributed by atoms with Gasteiger partial charge in [-0.2, -0.15) is 0 Å². The van der Waals surface area contributed by atoms with Gasteiger partial charge in [-0.1, -0.05) is 0 Å². The molecular formula is C18H22N2O4S. The summed E-state index contributed by atoms with van der Waals surface area (Å²) in [5.41, 5.74) is -0.505. The molecule has 0 unspecified atom stereocenters. The molecule has 134 valence electrons. The summed E-state index contributed by atoms with van der Waals surface area (Å²) >= 11 is 1.64. The van der Waals surface area contributed by atoms with E-state index in [2.05, 4.69) is 11.8 Å². The fourth-order valence-corrected chi connectivity index (χ4v) is 4.29.